The molecular formula is C11H9NO2. The molecule has 1 heterocycles. The summed E-state index contributed by atoms with van der Waals surface area (Å²) in [5.74, 6) is 0.766. The molecule has 0 fully saturated rings. The van der Waals surface area contributed by atoms with E-state index in [9.17, 15) is 4.79 Å². The van der Waals surface area contributed by atoms with Crippen molar-refractivity contribution in [2.75, 3.05) is 7.11 Å². The summed E-state index contributed by atoms with van der Waals surface area (Å²) >= 11 is 0. The number of fused-ring (bicyclic) bond motifs is 1. The number of benzene rings is 1. The fraction of sp³-hybridized carbons (Fsp3) is 0.0909. The third-order valence-electron chi connectivity index (χ3n) is 2.12. The highest BCUT2D eigenvalue weighted by Crippen LogP contribution is 2.21. The van der Waals surface area contributed by atoms with Gasteiger partial charge in [-0.15, -0.1) is 0 Å². The third kappa shape index (κ3) is 1.33. The smallest absolute Gasteiger partial charge is 0.152 e. The standard InChI is InChI=1S/C11H9NO2/c1-14-10-2-3-11-8(4-10)5-12-6-9(11)7-13/h2-7H,1H3. The molecule has 0 amide bonds. The van der Waals surface area contributed by atoms with Crippen molar-refractivity contribution in [2.24, 2.45) is 0 Å². The van der Waals surface area contributed by atoms with Crippen LogP contribution in [-0.2, 0) is 0 Å². The van der Waals surface area contributed by atoms with Crippen LogP contribution >= 0.6 is 0 Å². The average Bonchev–Trinajstić information content (AvgIpc) is 2.27. The van der Waals surface area contributed by atoms with Crippen molar-refractivity contribution < 1.29 is 9.53 Å². The van der Waals surface area contributed by atoms with E-state index in [1.54, 1.807) is 19.5 Å². The van der Waals surface area contributed by atoms with Gasteiger partial charge in [0.15, 0.2) is 6.29 Å². The van der Waals surface area contributed by atoms with Crippen molar-refractivity contribution in [3.8, 4) is 5.75 Å². The molecule has 0 atom stereocenters. The first-order chi connectivity index (χ1) is 6.85. The highest BCUT2D eigenvalue weighted by atomic mass is 16.5. The summed E-state index contributed by atoms with van der Waals surface area (Å²) in [6.07, 6.45) is 4.08. The van der Waals surface area contributed by atoms with Crippen LogP contribution in [0.3, 0.4) is 0 Å². The SMILES string of the molecule is COc1ccc2c(C=O)cncc2c1. The number of aldehydes is 1. The van der Waals surface area contributed by atoms with E-state index in [1.165, 1.54) is 0 Å². The van der Waals surface area contributed by atoms with Crippen molar-refractivity contribution in [2.45, 2.75) is 0 Å². The summed E-state index contributed by atoms with van der Waals surface area (Å²) in [4.78, 5) is 14.7. The van der Waals surface area contributed by atoms with Gasteiger partial charge in [-0.2, -0.15) is 0 Å². The molecule has 2 aromatic rings. The molecule has 3 nitrogen and oxygen atoms in total. The number of hydrogen-bond acceptors (Lipinski definition) is 3. The van der Waals surface area contributed by atoms with E-state index >= 15 is 0 Å². The molecule has 0 aliphatic rings. The van der Waals surface area contributed by atoms with Gasteiger partial charge in [-0.3, -0.25) is 9.78 Å². The Bertz CT molecular complexity index is 480. The van der Waals surface area contributed by atoms with Crippen LogP contribution < -0.4 is 4.74 Å². The molecule has 0 aliphatic heterocycles. The van der Waals surface area contributed by atoms with Crippen molar-refractivity contribution in [1.82, 2.24) is 4.98 Å². The van der Waals surface area contributed by atoms with Gasteiger partial charge in [0.25, 0.3) is 0 Å². The summed E-state index contributed by atoms with van der Waals surface area (Å²) in [6.45, 7) is 0. The number of carbonyl (C=O) groups excluding carboxylic acids is 1. The van der Waals surface area contributed by atoms with E-state index in [-0.39, 0.29) is 0 Å². The molecule has 0 saturated carbocycles. The molecule has 2 rings (SSSR count). The normalized spacial score (nSPS) is 10.1. The van der Waals surface area contributed by atoms with Gasteiger partial charge >= 0.3 is 0 Å². The average molecular weight is 187 g/mol. The molecule has 70 valence electrons. The molecule has 0 radical (unpaired) electrons. The van der Waals surface area contributed by atoms with Crippen LogP contribution in [0.5, 0.6) is 5.75 Å². The molecule has 0 aliphatic carbocycles. The highest BCUT2D eigenvalue weighted by Gasteiger charge is 2.01. The number of rotatable bonds is 2. The van der Waals surface area contributed by atoms with Gasteiger partial charge in [-0.05, 0) is 23.6 Å². The zero-order valence-electron chi connectivity index (χ0n) is 7.73. The second-order valence-corrected chi connectivity index (χ2v) is 2.93. The van der Waals surface area contributed by atoms with E-state index < -0.39 is 0 Å². The summed E-state index contributed by atoms with van der Waals surface area (Å²) in [5.41, 5.74) is 0.602. The number of nitrogens with zero attached hydrogens (tertiary/aromatic N) is 1. The Morgan fingerprint density at radius 1 is 1.36 bits per heavy atom. The fourth-order valence-electron chi connectivity index (χ4n) is 1.40. The first kappa shape index (κ1) is 8.69. The minimum Gasteiger partial charge on any atom is -0.497 e. The van der Waals surface area contributed by atoms with Gasteiger partial charge in [0.2, 0.25) is 0 Å². The van der Waals surface area contributed by atoms with Crippen LogP contribution in [0.2, 0.25) is 0 Å². The number of aromatic nitrogens is 1. The van der Waals surface area contributed by atoms with E-state index in [0.29, 0.717) is 5.56 Å². The molecule has 1 aromatic heterocycles. The number of carbonyl (C=O) groups is 1. The zero-order chi connectivity index (χ0) is 9.97. The first-order valence-corrected chi connectivity index (χ1v) is 4.22. The van der Waals surface area contributed by atoms with Crippen LogP contribution in [-0.4, -0.2) is 18.4 Å². The topological polar surface area (TPSA) is 39.2 Å². The highest BCUT2D eigenvalue weighted by molar-refractivity contribution is 5.97. The number of pyridine rings is 1. The minimum absolute atomic E-state index is 0.602. The van der Waals surface area contributed by atoms with Gasteiger partial charge in [0.1, 0.15) is 5.75 Å². The molecule has 0 saturated heterocycles. The maximum absolute atomic E-state index is 10.7. The van der Waals surface area contributed by atoms with E-state index in [2.05, 4.69) is 4.98 Å². The van der Waals surface area contributed by atoms with E-state index in [4.69, 9.17) is 4.74 Å². The molecular weight excluding hydrogens is 178 g/mol. The lowest BCUT2D eigenvalue weighted by atomic mass is 10.1. The monoisotopic (exact) mass is 187 g/mol. The van der Waals surface area contributed by atoms with Gasteiger partial charge in [-0.25, -0.2) is 0 Å². The van der Waals surface area contributed by atoms with Crippen molar-refractivity contribution in [3.05, 3.63) is 36.2 Å². The largest absolute Gasteiger partial charge is 0.497 e. The molecule has 0 spiro atoms. The zero-order valence-corrected chi connectivity index (χ0v) is 7.73. The quantitative estimate of drug-likeness (QED) is 0.675. The Kier molecular flexibility index (Phi) is 2.14. The van der Waals surface area contributed by atoms with Crippen molar-refractivity contribution >= 4 is 17.1 Å². The number of hydrogen-bond donors (Lipinski definition) is 0. The Labute approximate surface area is 81.3 Å². The summed E-state index contributed by atoms with van der Waals surface area (Å²) in [7, 11) is 1.61. The summed E-state index contributed by atoms with van der Waals surface area (Å²) in [5, 5.41) is 1.81. The predicted octanol–water partition coefficient (Wildman–Crippen LogP) is 2.06. The maximum Gasteiger partial charge on any atom is 0.152 e. The molecule has 0 bridgehead atoms. The van der Waals surface area contributed by atoms with Crippen LogP contribution in [0, 0.1) is 0 Å². The Morgan fingerprint density at radius 3 is 2.93 bits per heavy atom. The molecule has 0 unspecified atom stereocenters. The van der Waals surface area contributed by atoms with E-state index in [1.807, 2.05) is 18.2 Å². The van der Waals surface area contributed by atoms with E-state index in [0.717, 1.165) is 22.8 Å². The summed E-state index contributed by atoms with van der Waals surface area (Å²) in [6, 6.07) is 5.55. The van der Waals surface area contributed by atoms with Crippen LogP contribution in [0.1, 0.15) is 10.4 Å². The van der Waals surface area contributed by atoms with Gasteiger partial charge in [0, 0.05) is 23.3 Å². The van der Waals surface area contributed by atoms with Crippen molar-refractivity contribution in [3.63, 3.8) is 0 Å². The molecule has 14 heavy (non-hydrogen) atoms. The Balaban J connectivity index is 2.73. The Morgan fingerprint density at radius 2 is 2.21 bits per heavy atom. The van der Waals surface area contributed by atoms with Crippen LogP contribution in [0.15, 0.2) is 30.6 Å². The third-order valence-corrected chi connectivity index (χ3v) is 2.12. The van der Waals surface area contributed by atoms with Crippen molar-refractivity contribution in [1.29, 1.82) is 0 Å². The lowest BCUT2D eigenvalue weighted by Crippen LogP contribution is -1.87. The van der Waals surface area contributed by atoms with Crippen LogP contribution in [0.25, 0.3) is 10.8 Å². The van der Waals surface area contributed by atoms with Gasteiger partial charge in [-0.1, -0.05) is 0 Å². The second-order valence-electron chi connectivity index (χ2n) is 2.93. The fourth-order valence-corrected chi connectivity index (χ4v) is 1.40. The Hall–Kier alpha value is -1.90. The van der Waals surface area contributed by atoms with Gasteiger partial charge < -0.3 is 4.74 Å². The second kappa shape index (κ2) is 3.46. The molecule has 1 aromatic carbocycles. The number of methoxy groups -OCH3 is 1. The lowest BCUT2D eigenvalue weighted by Gasteiger charge is -2.03. The first-order valence-electron chi connectivity index (χ1n) is 4.22. The molecule has 0 N–H and O–H groups in total. The minimum atomic E-state index is 0.602. The van der Waals surface area contributed by atoms with Crippen LogP contribution in [0.4, 0.5) is 0 Å². The van der Waals surface area contributed by atoms with Gasteiger partial charge in [0.05, 0.1) is 7.11 Å². The summed E-state index contributed by atoms with van der Waals surface area (Å²) < 4.78 is 5.08. The predicted molar refractivity (Wildman–Crippen MR) is 53.7 cm³/mol. The lowest BCUT2D eigenvalue weighted by molar-refractivity contribution is 0.112. The maximum atomic E-state index is 10.7. The molecule has 3 heteroatoms. The number of ether oxygens (including phenoxy) is 1.